The topological polar surface area (TPSA) is 116 Å². The predicted molar refractivity (Wildman–Crippen MR) is 128 cm³/mol. The first kappa shape index (κ1) is 22.7. The molecule has 1 atom stereocenters. The van der Waals surface area contributed by atoms with E-state index in [1.165, 1.54) is 27.1 Å². The van der Waals surface area contributed by atoms with Crippen molar-refractivity contribution in [2.75, 3.05) is 0 Å². The van der Waals surface area contributed by atoms with Gasteiger partial charge in [-0.2, -0.15) is 0 Å². The lowest BCUT2D eigenvalue weighted by Gasteiger charge is -2.45. The zero-order valence-electron chi connectivity index (χ0n) is 18.2. The number of aliphatic carboxylic acids is 1. The van der Waals surface area contributed by atoms with Crippen molar-refractivity contribution in [3.63, 3.8) is 0 Å². The molecule has 6 nitrogen and oxygen atoms in total. The van der Waals surface area contributed by atoms with Crippen molar-refractivity contribution in [2.24, 2.45) is 11.7 Å². The summed E-state index contributed by atoms with van der Waals surface area (Å²) >= 11 is 0. The van der Waals surface area contributed by atoms with E-state index in [2.05, 4.69) is 59.9 Å². The number of rotatable bonds is 10. The average Bonchev–Trinajstić information content (AvgIpc) is 2.74. The van der Waals surface area contributed by atoms with Crippen LogP contribution in [0.25, 0.3) is 21.5 Å². The minimum Gasteiger partial charge on any atom is -0.480 e. The first-order valence-corrected chi connectivity index (χ1v) is 11.4. The Morgan fingerprint density at radius 3 is 2.19 bits per heavy atom. The highest BCUT2D eigenvalue weighted by Gasteiger charge is 2.48. The molecular weight excluding hydrogens is 403 g/mol. The van der Waals surface area contributed by atoms with Crippen molar-refractivity contribution >= 4 is 34.6 Å². The monoisotopic (exact) mass is 434 g/mol. The lowest BCUT2D eigenvalue weighted by Crippen LogP contribution is -2.61. The fourth-order valence-electron chi connectivity index (χ4n) is 4.98. The third-order valence-corrected chi connectivity index (χ3v) is 7.02. The Labute approximate surface area is 188 Å². The SMILES string of the molecule is NC(CCCCB(O)O)(C(=O)O)C1CC(NCc2c3ccccc3cc3ccccc23)C1. The van der Waals surface area contributed by atoms with Crippen molar-refractivity contribution < 1.29 is 19.9 Å². The Morgan fingerprint density at radius 2 is 1.62 bits per heavy atom. The van der Waals surface area contributed by atoms with Crippen molar-refractivity contribution in [3.8, 4) is 0 Å². The second-order valence-electron chi connectivity index (χ2n) is 9.12. The molecule has 0 spiro atoms. The molecule has 1 aliphatic carbocycles. The van der Waals surface area contributed by atoms with Gasteiger partial charge in [-0.15, -0.1) is 0 Å². The molecule has 0 aliphatic heterocycles. The first-order chi connectivity index (χ1) is 15.4. The number of nitrogens with one attached hydrogen (secondary N) is 1. The van der Waals surface area contributed by atoms with E-state index in [0.29, 0.717) is 19.3 Å². The van der Waals surface area contributed by atoms with Crippen LogP contribution in [-0.4, -0.2) is 39.8 Å². The number of carbonyl (C=O) groups is 1. The molecule has 6 N–H and O–H groups in total. The van der Waals surface area contributed by atoms with Gasteiger partial charge >= 0.3 is 13.1 Å². The lowest BCUT2D eigenvalue weighted by atomic mass is 9.66. The summed E-state index contributed by atoms with van der Waals surface area (Å²) in [5.41, 5.74) is 6.34. The van der Waals surface area contributed by atoms with Gasteiger partial charge in [0.1, 0.15) is 5.54 Å². The summed E-state index contributed by atoms with van der Waals surface area (Å²) in [7, 11) is -1.35. The van der Waals surface area contributed by atoms with E-state index in [0.717, 1.165) is 19.4 Å². The normalized spacial score (nSPS) is 20.1. The Balaban J connectivity index is 1.41. The molecular formula is C25H31BN2O4. The molecule has 1 fully saturated rings. The maximum atomic E-state index is 11.9. The Kier molecular flexibility index (Phi) is 6.81. The molecule has 1 aliphatic rings. The van der Waals surface area contributed by atoms with Crippen LogP contribution in [0.15, 0.2) is 54.6 Å². The molecule has 32 heavy (non-hydrogen) atoms. The van der Waals surface area contributed by atoms with E-state index in [9.17, 15) is 9.90 Å². The second-order valence-corrected chi connectivity index (χ2v) is 9.12. The molecule has 0 aromatic heterocycles. The number of benzene rings is 3. The number of hydrogen-bond acceptors (Lipinski definition) is 5. The highest BCUT2D eigenvalue weighted by atomic mass is 16.4. The quantitative estimate of drug-likeness (QED) is 0.190. The van der Waals surface area contributed by atoms with Crippen LogP contribution >= 0.6 is 0 Å². The van der Waals surface area contributed by atoms with Gasteiger partial charge < -0.3 is 26.2 Å². The molecule has 0 saturated heterocycles. The molecule has 0 heterocycles. The van der Waals surface area contributed by atoms with Crippen molar-refractivity contribution in [1.82, 2.24) is 5.32 Å². The fraction of sp³-hybridized carbons (Fsp3) is 0.400. The minimum atomic E-state index is -1.35. The van der Waals surface area contributed by atoms with Crippen LogP contribution in [0.1, 0.15) is 37.7 Å². The van der Waals surface area contributed by atoms with Gasteiger partial charge in [-0.3, -0.25) is 4.79 Å². The van der Waals surface area contributed by atoms with Gasteiger partial charge in [0, 0.05) is 12.6 Å². The Bertz CT molecular complexity index is 1050. The van der Waals surface area contributed by atoms with Crippen LogP contribution in [0.2, 0.25) is 6.32 Å². The Hall–Kier alpha value is -2.45. The van der Waals surface area contributed by atoms with E-state index < -0.39 is 18.6 Å². The van der Waals surface area contributed by atoms with Crippen molar-refractivity contribution in [3.05, 3.63) is 60.2 Å². The van der Waals surface area contributed by atoms with Gasteiger partial charge in [0.25, 0.3) is 0 Å². The maximum absolute atomic E-state index is 11.9. The zero-order valence-corrected chi connectivity index (χ0v) is 18.2. The van der Waals surface area contributed by atoms with Crippen LogP contribution in [0.3, 0.4) is 0 Å². The highest BCUT2D eigenvalue weighted by molar-refractivity contribution is 6.40. The third kappa shape index (κ3) is 4.66. The van der Waals surface area contributed by atoms with Gasteiger partial charge in [-0.25, -0.2) is 0 Å². The molecule has 7 heteroatoms. The van der Waals surface area contributed by atoms with E-state index in [1.54, 1.807) is 0 Å². The van der Waals surface area contributed by atoms with Gasteiger partial charge in [-0.1, -0.05) is 61.4 Å². The molecule has 1 unspecified atom stereocenters. The summed E-state index contributed by atoms with van der Waals surface area (Å²) in [5, 5.41) is 36.3. The zero-order chi connectivity index (χ0) is 22.7. The number of nitrogens with two attached hydrogens (primary N) is 1. The summed E-state index contributed by atoms with van der Waals surface area (Å²) in [6, 6.07) is 19.3. The summed E-state index contributed by atoms with van der Waals surface area (Å²) in [6.07, 6.45) is 3.16. The van der Waals surface area contributed by atoms with Gasteiger partial charge in [0.05, 0.1) is 0 Å². The fourth-order valence-corrected chi connectivity index (χ4v) is 4.98. The van der Waals surface area contributed by atoms with Gasteiger partial charge in [0.2, 0.25) is 0 Å². The number of carboxylic acids is 1. The number of hydrogen-bond donors (Lipinski definition) is 5. The summed E-state index contributed by atoms with van der Waals surface area (Å²) in [6.45, 7) is 0.721. The summed E-state index contributed by atoms with van der Waals surface area (Å²) < 4.78 is 0. The second kappa shape index (κ2) is 9.59. The number of carboxylic acid groups (broad SMARTS) is 1. The van der Waals surface area contributed by atoms with E-state index in [-0.39, 0.29) is 18.3 Å². The first-order valence-electron chi connectivity index (χ1n) is 11.4. The summed E-state index contributed by atoms with van der Waals surface area (Å²) in [4.78, 5) is 11.9. The van der Waals surface area contributed by atoms with Crippen LogP contribution < -0.4 is 11.1 Å². The molecule has 3 aromatic rings. The minimum absolute atomic E-state index is 0.0826. The van der Waals surface area contributed by atoms with E-state index in [1.807, 2.05) is 0 Å². The van der Waals surface area contributed by atoms with Gasteiger partial charge in [-0.05, 0) is 64.7 Å². The molecule has 1 saturated carbocycles. The molecule has 0 bridgehead atoms. The van der Waals surface area contributed by atoms with Gasteiger partial charge in [0.15, 0.2) is 0 Å². The lowest BCUT2D eigenvalue weighted by molar-refractivity contribution is -0.148. The van der Waals surface area contributed by atoms with Crippen LogP contribution in [0, 0.1) is 5.92 Å². The molecule has 3 aromatic carbocycles. The van der Waals surface area contributed by atoms with Crippen molar-refractivity contribution in [1.29, 1.82) is 0 Å². The standard InChI is InChI=1S/C25H31BN2O4/c27-25(24(29)30,11-5-6-12-26(31)32)19-14-20(15-19)28-16-23-21-9-3-1-7-17(21)13-18-8-2-4-10-22(18)23/h1-4,7-10,13,19-20,28,31-32H,5-6,11-12,14-16,27H2,(H,29,30). The highest BCUT2D eigenvalue weighted by Crippen LogP contribution is 2.39. The van der Waals surface area contributed by atoms with Crippen LogP contribution in [0.4, 0.5) is 0 Å². The van der Waals surface area contributed by atoms with E-state index in [4.69, 9.17) is 15.8 Å². The summed E-state index contributed by atoms with van der Waals surface area (Å²) in [5.74, 6) is -1.05. The Morgan fingerprint density at radius 1 is 1.03 bits per heavy atom. The number of unbranched alkanes of at least 4 members (excludes halogenated alkanes) is 1. The largest absolute Gasteiger partial charge is 0.480 e. The average molecular weight is 434 g/mol. The predicted octanol–water partition coefficient (Wildman–Crippen LogP) is 3.29. The smallest absolute Gasteiger partial charge is 0.451 e. The molecule has 4 rings (SSSR count). The maximum Gasteiger partial charge on any atom is 0.451 e. The molecule has 168 valence electrons. The third-order valence-electron chi connectivity index (χ3n) is 7.02. The van der Waals surface area contributed by atoms with E-state index >= 15 is 0 Å². The molecule has 0 radical (unpaired) electrons. The number of fused-ring (bicyclic) bond motifs is 2. The van der Waals surface area contributed by atoms with Crippen LogP contribution in [-0.2, 0) is 11.3 Å². The van der Waals surface area contributed by atoms with Crippen molar-refractivity contribution in [2.45, 2.75) is 56.5 Å². The van der Waals surface area contributed by atoms with Crippen LogP contribution in [0.5, 0.6) is 0 Å². The molecule has 0 amide bonds.